The molecule has 0 radical (unpaired) electrons. The van der Waals surface area contributed by atoms with Gasteiger partial charge in [0.2, 0.25) is 0 Å². The smallest absolute Gasteiger partial charge is 0.185 e. The Bertz CT molecular complexity index is 652. The lowest BCUT2D eigenvalue weighted by Gasteiger charge is -2.09. The van der Waals surface area contributed by atoms with Gasteiger partial charge in [0.1, 0.15) is 11.7 Å². The first-order valence-electron chi connectivity index (χ1n) is 5.42. The molecule has 0 saturated carbocycles. The van der Waals surface area contributed by atoms with Gasteiger partial charge in [-0.25, -0.2) is 4.39 Å². The van der Waals surface area contributed by atoms with E-state index >= 15 is 0 Å². The van der Waals surface area contributed by atoms with Crippen molar-refractivity contribution in [1.29, 1.82) is 5.26 Å². The molecule has 0 aliphatic heterocycles. The van der Waals surface area contributed by atoms with E-state index in [1.807, 2.05) is 6.07 Å². The maximum atomic E-state index is 13.0. The molecule has 5 heteroatoms. The second kappa shape index (κ2) is 5.72. The number of Topliss-reactive ketones (excluding diaryl/α,β-unsaturated/α-hetero) is 1. The van der Waals surface area contributed by atoms with Gasteiger partial charge in [0.05, 0.1) is 6.07 Å². The lowest BCUT2D eigenvalue weighted by atomic mass is 9.93. The Kier molecular flexibility index (Phi) is 4.03. The number of halogens is 2. The zero-order valence-electron chi connectivity index (χ0n) is 9.68. The van der Waals surface area contributed by atoms with Crippen molar-refractivity contribution in [2.45, 2.75) is 5.92 Å². The van der Waals surface area contributed by atoms with E-state index in [0.717, 1.165) is 0 Å². The molecule has 0 bridgehead atoms. The zero-order chi connectivity index (χ0) is 13.8. The van der Waals surface area contributed by atoms with E-state index in [2.05, 4.69) is 20.9 Å². The molecular formula is C14H8BrFN2O. The van der Waals surface area contributed by atoms with Crippen LogP contribution in [0.3, 0.4) is 0 Å². The van der Waals surface area contributed by atoms with Crippen LogP contribution < -0.4 is 0 Å². The van der Waals surface area contributed by atoms with E-state index in [0.29, 0.717) is 10.0 Å². The molecule has 0 aliphatic rings. The summed E-state index contributed by atoms with van der Waals surface area (Å²) in [5.41, 5.74) is 0.794. The van der Waals surface area contributed by atoms with Crippen LogP contribution in [0, 0.1) is 17.1 Å². The van der Waals surface area contributed by atoms with Gasteiger partial charge in [-0.15, -0.1) is 0 Å². The topological polar surface area (TPSA) is 53.8 Å². The molecule has 1 unspecified atom stereocenters. The number of ketones is 1. The number of aromatic nitrogens is 1. The fraction of sp³-hybridized carbons (Fsp3) is 0.0714. The average molecular weight is 319 g/mol. The number of benzene rings is 1. The van der Waals surface area contributed by atoms with E-state index in [1.165, 1.54) is 24.4 Å². The summed E-state index contributed by atoms with van der Waals surface area (Å²) in [6, 6.07) is 9.03. The maximum Gasteiger partial charge on any atom is 0.185 e. The van der Waals surface area contributed by atoms with E-state index in [-0.39, 0.29) is 11.3 Å². The van der Waals surface area contributed by atoms with Crippen molar-refractivity contribution in [3.8, 4) is 6.07 Å². The molecule has 3 nitrogen and oxygen atoms in total. The Morgan fingerprint density at radius 3 is 2.79 bits per heavy atom. The molecule has 0 amide bonds. The number of hydrogen-bond donors (Lipinski definition) is 0. The lowest BCUT2D eigenvalue weighted by Crippen LogP contribution is -2.12. The van der Waals surface area contributed by atoms with Crippen LogP contribution in [-0.2, 0) is 0 Å². The number of rotatable bonds is 3. The highest BCUT2D eigenvalue weighted by Crippen LogP contribution is 2.25. The Labute approximate surface area is 117 Å². The van der Waals surface area contributed by atoms with Crippen LogP contribution >= 0.6 is 15.9 Å². The number of carbonyl (C=O) groups excluding carboxylic acids is 1. The zero-order valence-corrected chi connectivity index (χ0v) is 11.3. The molecule has 94 valence electrons. The number of nitrogens with zero attached hydrogens (tertiary/aromatic N) is 2. The molecule has 0 fully saturated rings. The second-order valence-electron chi connectivity index (χ2n) is 3.84. The number of nitriles is 1. The first-order valence-corrected chi connectivity index (χ1v) is 6.21. The SMILES string of the molecule is N#CC(C(=O)c1ccc(F)cc1Br)c1cccnc1. The van der Waals surface area contributed by atoms with E-state index in [4.69, 9.17) is 5.26 Å². The summed E-state index contributed by atoms with van der Waals surface area (Å²) in [6.07, 6.45) is 3.04. The van der Waals surface area contributed by atoms with Crippen molar-refractivity contribution in [2.75, 3.05) is 0 Å². The summed E-state index contributed by atoms with van der Waals surface area (Å²) >= 11 is 3.13. The van der Waals surface area contributed by atoms with Crippen LogP contribution in [-0.4, -0.2) is 10.8 Å². The fourth-order valence-corrected chi connectivity index (χ4v) is 2.22. The molecular weight excluding hydrogens is 311 g/mol. The largest absolute Gasteiger partial charge is 0.292 e. The molecule has 1 aromatic heterocycles. The van der Waals surface area contributed by atoms with Crippen LogP contribution in [0.5, 0.6) is 0 Å². The fourth-order valence-electron chi connectivity index (χ4n) is 1.68. The Balaban J connectivity index is 2.40. The van der Waals surface area contributed by atoms with E-state index in [9.17, 15) is 9.18 Å². The van der Waals surface area contributed by atoms with E-state index in [1.54, 1.807) is 18.3 Å². The molecule has 0 saturated heterocycles. The maximum absolute atomic E-state index is 13.0. The van der Waals surface area contributed by atoms with Crippen molar-refractivity contribution in [2.24, 2.45) is 0 Å². The molecule has 1 atom stereocenters. The Morgan fingerprint density at radius 1 is 1.42 bits per heavy atom. The van der Waals surface area contributed by atoms with Gasteiger partial charge >= 0.3 is 0 Å². The standard InChI is InChI=1S/C14H8BrFN2O/c15-13-6-10(16)3-4-11(13)14(19)12(7-17)9-2-1-5-18-8-9/h1-6,8,12H. The Morgan fingerprint density at radius 2 is 2.21 bits per heavy atom. The quantitative estimate of drug-likeness (QED) is 0.814. The molecule has 0 aliphatic carbocycles. The lowest BCUT2D eigenvalue weighted by molar-refractivity contribution is 0.0978. The molecule has 0 N–H and O–H groups in total. The average Bonchev–Trinajstić information content (AvgIpc) is 2.40. The van der Waals surface area contributed by atoms with Gasteiger partial charge in [-0.3, -0.25) is 9.78 Å². The summed E-state index contributed by atoms with van der Waals surface area (Å²) in [7, 11) is 0. The third-order valence-corrected chi connectivity index (χ3v) is 3.26. The molecule has 2 aromatic rings. The predicted octanol–water partition coefficient (Wildman–Crippen LogP) is 3.47. The number of hydrogen-bond acceptors (Lipinski definition) is 3. The predicted molar refractivity (Wildman–Crippen MR) is 71.0 cm³/mol. The van der Waals surface area contributed by atoms with Gasteiger partial charge in [-0.2, -0.15) is 5.26 Å². The van der Waals surface area contributed by atoms with Crippen molar-refractivity contribution in [3.05, 3.63) is 64.1 Å². The van der Waals surface area contributed by atoms with Crippen molar-refractivity contribution >= 4 is 21.7 Å². The van der Waals surface area contributed by atoms with Gasteiger partial charge in [-0.05, 0) is 45.8 Å². The Hall–Kier alpha value is -2.06. The van der Waals surface area contributed by atoms with Crippen LogP contribution in [0.25, 0.3) is 0 Å². The molecule has 1 aromatic carbocycles. The van der Waals surface area contributed by atoms with Gasteiger partial charge in [0, 0.05) is 22.4 Å². The molecule has 0 spiro atoms. The van der Waals surface area contributed by atoms with Crippen molar-refractivity contribution in [3.63, 3.8) is 0 Å². The van der Waals surface area contributed by atoms with Crippen LogP contribution in [0.1, 0.15) is 21.8 Å². The van der Waals surface area contributed by atoms with Crippen molar-refractivity contribution in [1.82, 2.24) is 4.98 Å². The summed E-state index contributed by atoms with van der Waals surface area (Å²) in [6.45, 7) is 0. The highest BCUT2D eigenvalue weighted by Gasteiger charge is 2.23. The van der Waals surface area contributed by atoms with Crippen LogP contribution in [0.15, 0.2) is 47.2 Å². The normalized spacial score (nSPS) is 11.6. The monoisotopic (exact) mass is 318 g/mol. The second-order valence-corrected chi connectivity index (χ2v) is 4.69. The first kappa shape index (κ1) is 13.4. The summed E-state index contributed by atoms with van der Waals surface area (Å²) in [5, 5.41) is 9.17. The first-order chi connectivity index (χ1) is 9.13. The highest BCUT2D eigenvalue weighted by molar-refractivity contribution is 9.10. The van der Waals surface area contributed by atoms with Gasteiger partial charge in [-0.1, -0.05) is 6.07 Å². The number of carbonyl (C=O) groups is 1. The van der Waals surface area contributed by atoms with Crippen molar-refractivity contribution < 1.29 is 9.18 Å². The third-order valence-electron chi connectivity index (χ3n) is 2.61. The van der Waals surface area contributed by atoms with Crippen LogP contribution in [0.2, 0.25) is 0 Å². The third kappa shape index (κ3) is 2.85. The molecule has 2 rings (SSSR count). The minimum Gasteiger partial charge on any atom is -0.292 e. The molecule has 1 heterocycles. The summed E-state index contributed by atoms with van der Waals surface area (Å²) in [4.78, 5) is 16.2. The van der Waals surface area contributed by atoms with Gasteiger partial charge in [0.25, 0.3) is 0 Å². The molecule has 19 heavy (non-hydrogen) atoms. The van der Waals surface area contributed by atoms with Gasteiger partial charge in [0.15, 0.2) is 5.78 Å². The minimum absolute atomic E-state index is 0.275. The van der Waals surface area contributed by atoms with E-state index < -0.39 is 11.7 Å². The minimum atomic E-state index is -0.949. The summed E-state index contributed by atoms with van der Waals surface area (Å²) in [5.74, 6) is -1.78. The van der Waals surface area contributed by atoms with Gasteiger partial charge < -0.3 is 0 Å². The number of pyridine rings is 1. The van der Waals surface area contributed by atoms with Crippen LogP contribution in [0.4, 0.5) is 4.39 Å². The highest BCUT2D eigenvalue weighted by atomic mass is 79.9. The summed E-state index contributed by atoms with van der Waals surface area (Å²) < 4.78 is 13.3.